The molecule has 0 unspecified atom stereocenters. The monoisotopic (exact) mass is 354 g/mol. The SMILES string of the molecule is CCc1cccc(CC)c1C(=N)c1ccccc1[O][Ru]. The molecule has 0 aliphatic rings. The summed E-state index contributed by atoms with van der Waals surface area (Å²) >= 11 is 2.16. The Morgan fingerprint density at radius 2 is 1.60 bits per heavy atom. The van der Waals surface area contributed by atoms with Gasteiger partial charge in [0, 0.05) is 0 Å². The van der Waals surface area contributed by atoms with Crippen molar-refractivity contribution in [2.24, 2.45) is 0 Å². The third-order valence-corrected chi connectivity index (χ3v) is 3.87. The zero-order valence-electron chi connectivity index (χ0n) is 11.7. The molecule has 1 N–H and O–H groups in total. The first-order valence-electron chi connectivity index (χ1n) is 6.79. The second kappa shape index (κ2) is 6.81. The van der Waals surface area contributed by atoms with E-state index in [1.807, 2.05) is 24.3 Å². The molecule has 105 valence electrons. The molecule has 0 heterocycles. The van der Waals surface area contributed by atoms with Crippen molar-refractivity contribution < 1.29 is 22.2 Å². The summed E-state index contributed by atoms with van der Waals surface area (Å²) in [6.45, 7) is 4.26. The Hall–Kier alpha value is -1.47. The first-order valence-corrected chi connectivity index (χ1v) is 7.50. The molecule has 2 nitrogen and oxygen atoms in total. The Morgan fingerprint density at radius 1 is 1.00 bits per heavy atom. The third kappa shape index (κ3) is 2.83. The van der Waals surface area contributed by atoms with E-state index in [9.17, 15) is 0 Å². The summed E-state index contributed by atoms with van der Waals surface area (Å²) in [5.74, 6) is 0.724. The van der Waals surface area contributed by atoms with Crippen molar-refractivity contribution in [3.8, 4) is 5.75 Å². The van der Waals surface area contributed by atoms with Crippen LogP contribution in [0, 0.1) is 5.41 Å². The molecule has 0 bridgehead atoms. The van der Waals surface area contributed by atoms with Crippen molar-refractivity contribution in [2.45, 2.75) is 26.7 Å². The van der Waals surface area contributed by atoms with Crippen LogP contribution in [-0.4, -0.2) is 5.71 Å². The normalized spacial score (nSPS) is 10.3. The van der Waals surface area contributed by atoms with Gasteiger partial charge in [-0.2, -0.15) is 0 Å². The molecule has 2 aromatic rings. The van der Waals surface area contributed by atoms with E-state index < -0.39 is 0 Å². The van der Waals surface area contributed by atoms with E-state index in [1.165, 1.54) is 11.1 Å². The van der Waals surface area contributed by atoms with Crippen LogP contribution in [-0.2, 0) is 31.5 Å². The van der Waals surface area contributed by atoms with Gasteiger partial charge in [0.25, 0.3) is 0 Å². The van der Waals surface area contributed by atoms with Crippen molar-refractivity contribution in [1.29, 1.82) is 5.41 Å². The maximum absolute atomic E-state index is 8.62. The van der Waals surface area contributed by atoms with Crippen molar-refractivity contribution in [2.75, 3.05) is 0 Å². The molecule has 0 saturated heterocycles. The second-order valence-electron chi connectivity index (χ2n) is 4.60. The van der Waals surface area contributed by atoms with E-state index in [4.69, 9.17) is 8.97 Å². The van der Waals surface area contributed by atoms with Gasteiger partial charge in [0.1, 0.15) is 0 Å². The first kappa shape index (κ1) is 14.9. The van der Waals surface area contributed by atoms with Gasteiger partial charge in [-0.15, -0.1) is 0 Å². The van der Waals surface area contributed by atoms with E-state index in [0.29, 0.717) is 5.71 Å². The van der Waals surface area contributed by atoms with Gasteiger partial charge in [-0.05, 0) is 0 Å². The van der Waals surface area contributed by atoms with Gasteiger partial charge in [-0.3, -0.25) is 0 Å². The van der Waals surface area contributed by atoms with Crippen LogP contribution in [0.5, 0.6) is 5.75 Å². The molecule has 0 saturated carbocycles. The summed E-state index contributed by atoms with van der Waals surface area (Å²) < 4.78 is 5.32. The molecule has 3 heteroatoms. The van der Waals surface area contributed by atoms with Crippen LogP contribution in [0.4, 0.5) is 0 Å². The second-order valence-corrected chi connectivity index (χ2v) is 4.96. The number of hydrogen-bond donors (Lipinski definition) is 1. The summed E-state index contributed by atoms with van der Waals surface area (Å²) in [5, 5.41) is 8.62. The summed E-state index contributed by atoms with van der Waals surface area (Å²) in [4.78, 5) is 0. The molecule has 0 aliphatic heterocycles. The summed E-state index contributed by atoms with van der Waals surface area (Å²) in [6.07, 6.45) is 1.85. The molecule has 0 radical (unpaired) electrons. The zero-order valence-corrected chi connectivity index (χ0v) is 13.5. The van der Waals surface area contributed by atoms with Gasteiger partial charge in [0.05, 0.1) is 0 Å². The minimum atomic E-state index is 0.541. The summed E-state index contributed by atoms with van der Waals surface area (Å²) in [6, 6.07) is 14.0. The molecule has 2 rings (SSSR count). The number of nitrogens with one attached hydrogen (secondary N) is 1. The van der Waals surface area contributed by atoms with Crippen LogP contribution < -0.4 is 3.56 Å². The predicted molar refractivity (Wildman–Crippen MR) is 78.2 cm³/mol. The van der Waals surface area contributed by atoms with Gasteiger partial charge < -0.3 is 0 Å². The molecule has 2 aromatic carbocycles. The van der Waals surface area contributed by atoms with Crippen molar-refractivity contribution in [3.63, 3.8) is 0 Å². The van der Waals surface area contributed by atoms with Crippen LogP contribution in [0.3, 0.4) is 0 Å². The van der Waals surface area contributed by atoms with Crippen LogP contribution in [0.2, 0.25) is 0 Å². The minimum absolute atomic E-state index is 0.541. The summed E-state index contributed by atoms with van der Waals surface area (Å²) in [5.41, 5.74) is 4.86. The number of hydrogen-bond acceptors (Lipinski definition) is 2. The standard InChI is InChI=1S/C17H19NO.Ru/c1-3-12-8-7-9-13(4-2)16(12)17(18)14-10-5-6-11-15(14)19;/h5-11,18-19H,3-4H2,1-2H3;/q;+1/p-1. The topological polar surface area (TPSA) is 33.1 Å². The molecule has 0 spiro atoms. The van der Waals surface area contributed by atoms with E-state index in [2.05, 4.69) is 50.7 Å². The molecule has 0 fully saturated rings. The Balaban J connectivity index is 2.58. The fraction of sp³-hybridized carbons (Fsp3) is 0.235. The molecular formula is C17H18NORu. The molecule has 0 aromatic heterocycles. The average Bonchev–Trinajstić information content (AvgIpc) is 2.53. The first-order chi connectivity index (χ1) is 9.72. The van der Waals surface area contributed by atoms with Gasteiger partial charge in [0.15, 0.2) is 0 Å². The number of benzene rings is 2. The number of para-hydroxylation sites is 1. The Kier molecular flexibility index (Phi) is 5.08. The molecule has 0 amide bonds. The van der Waals surface area contributed by atoms with E-state index in [0.717, 1.165) is 29.7 Å². The van der Waals surface area contributed by atoms with Crippen molar-refractivity contribution in [3.05, 3.63) is 64.7 Å². The van der Waals surface area contributed by atoms with E-state index in [1.54, 1.807) is 0 Å². The summed E-state index contributed by atoms with van der Waals surface area (Å²) in [7, 11) is 0. The number of rotatable bonds is 5. The molecular weight excluding hydrogens is 335 g/mol. The van der Waals surface area contributed by atoms with Crippen molar-refractivity contribution >= 4 is 5.71 Å². The Morgan fingerprint density at radius 3 is 2.15 bits per heavy atom. The molecule has 0 aliphatic carbocycles. The fourth-order valence-electron chi connectivity index (χ4n) is 2.43. The van der Waals surface area contributed by atoms with Crippen LogP contribution in [0.15, 0.2) is 42.5 Å². The Labute approximate surface area is 130 Å². The molecule has 0 atom stereocenters. The molecule has 20 heavy (non-hydrogen) atoms. The van der Waals surface area contributed by atoms with Gasteiger partial charge in [-0.25, -0.2) is 0 Å². The predicted octanol–water partition coefficient (Wildman–Crippen LogP) is 4.07. The van der Waals surface area contributed by atoms with Gasteiger partial charge in [0.2, 0.25) is 0 Å². The van der Waals surface area contributed by atoms with Gasteiger partial charge in [-0.1, -0.05) is 0 Å². The number of aryl methyl sites for hydroxylation is 2. The Bertz CT molecular complexity index is 600. The van der Waals surface area contributed by atoms with Crippen LogP contribution >= 0.6 is 0 Å². The third-order valence-electron chi connectivity index (χ3n) is 3.48. The van der Waals surface area contributed by atoms with Crippen LogP contribution in [0.1, 0.15) is 36.1 Å². The van der Waals surface area contributed by atoms with Crippen LogP contribution in [0.25, 0.3) is 0 Å². The van der Waals surface area contributed by atoms with Gasteiger partial charge >= 0.3 is 131 Å². The fourth-order valence-corrected chi connectivity index (χ4v) is 2.74. The van der Waals surface area contributed by atoms with E-state index in [-0.39, 0.29) is 0 Å². The average molecular weight is 353 g/mol. The van der Waals surface area contributed by atoms with Crippen molar-refractivity contribution in [1.82, 2.24) is 0 Å². The maximum atomic E-state index is 8.62. The quantitative estimate of drug-likeness (QED) is 0.638. The van der Waals surface area contributed by atoms with E-state index >= 15 is 0 Å². The zero-order chi connectivity index (χ0) is 14.5.